The van der Waals surface area contributed by atoms with Crippen molar-refractivity contribution in [2.75, 3.05) is 11.9 Å². The van der Waals surface area contributed by atoms with Crippen LogP contribution in [0.2, 0.25) is 0 Å². The minimum atomic E-state index is -0.245. The molecular weight excluding hydrogens is 464 g/mol. The Bertz CT molecular complexity index is 1290. The number of hydrogen-bond acceptors (Lipinski definition) is 4. The van der Waals surface area contributed by atoms with Gasteiger partial charge in [0.05, 0.1) is 28.8 Å². The first-order valence-electron chi connectivity index (χ1n) is 13.6. The van der Waals surface area contributed by atoms with Crippen LogP contribution in [0.15, 0.2) is 42.7 Å². The van der Waals surface area contributed by atoms with Crippen molar-refractivity contribution in [3.63, 3.8) is 0 Å². The minimum Gasteiger partial charge on any atom is -0.350 e. The molecule has 4 fully saturated rings. The van der Waals surface area contributed by atoms with Crippen LogP contribution < -0.4 is 10.6 Å². The van der Waals surface area contributed by atoms with Gasteiger partial charge in [-0.25, -0.2) is 4.68 Å². The topological polar surface area (TPSA) is 93.8 Å². The fourth-order valence-corrected chi connectivity index (χ4v) is 7.41. The first-order valence-corrected chi connectivity index (χ1v) is 13.6. The molecule has 3 aromatic rings. The number of aryl methyl sites for hydroxylation is 1. The van der Waals surface area contributed by atoms with Gasteiger partial charge in [-0.3, -0.25) is 14.3 Å². The van der Waals surface area contributed by atoms with E-state index >= 15 is 0 Å². The van der Waals surface area contributed by atoms with Crippen LogP contribution in [0.3, 0.4) is 0 Å². The highest BCUT2D eigenvalue weighted by Gasteiger charge is 2.54. The number of aromatic nitrogens is 4. The smallest absolute Gasteiger partial charge is 0.271 e. The molecule has 1 aromatic carbocycles. The maximum absolute atomic E-state index is 13.9. The molecule has 2 heterocycles. The van der Waals surface area contributed by atoms with E-state index in [1.54, 1.807) is 13.2 Å². The van der Waals surface area contributed by atoms with Crippen LogP contribution in [0.5, 0.6) is 0 Å². The van der Waals surface area contributed by atoms with Crippen LogP contribution in [0.1, 0.15) is 78.9 Å². The van der Waals surface area contributed by atoms with Gasteiger partial charge < -0.3 is 10.6 Å². The van der Waals surface area contributed by atoms with Crippen molar-refractivity contribution in [1.82, 2.24) is 24.9 Å². The van der Waals surface area contributed by atoms with Gasteiger partial charge in [0.2, 0.25) is 0 Å². The van der Waals surface area contributed by atoms with Crippen LogP contribution in [-0.2, 0) is 12.5 Å². The summed E-state index contributed by atoms with van der Waals surface area (Å²) in [7, 11) is 1.72. The van der Waals surface area contributed by atoms with Crippen LogP contribution in [0, 0.1) is 23.7 Å². The fourth-order valence-electron chi connectivity index (χ4n) is 7.41. The fraction of sp³-hybridized carbons (Fsp3) is 0.517. The summed E-state index contributed by atoms with van der Waals surface area (Å²) in [6.45, 7) is 4.64. The normalized spacial score (nSPS) is 26.0. The van der Waals surface area contributed by atoms with Gasteiger partial charge in [0.15, 0.2) is 0 Å². The van der Waals surface area contributed by atoms with E-state index in [-0.39, 0.29) is 17.2 Å². The molecule has 2 amide bonds. The Balaban J connectivity index is 1.36. The predicted molar refractivity (Wildman–Crippen MR) is 142 cm³/mol. The Kier molecular flexibility index (Phi) is 5.92. The highest BCUT2D eigenvalue weighted by Crippen LogP contribution is 2.60. The van der Waals surface area contributed by atoms with Crippen LogP contribution in [-0.4, -0.2) is 37.9 Å². The molecule has 0 radical (unpaired) electrons. The molecule has 2 N–H and O–H groups in total. The molecule has 8 nitrogen and oxygen atoms in total. The van der Waals surface area contributed by atoms with E-state index in [4.69, 9.17) is 5.10 Å². The van der Waals surface area contributed by atoms with Gasteiger partial charge in [-0.1, -0.05) is 32.0 Å². The Morgan fingerprint density at radius 1 is 1.03 bits per heavy atom. The molecular formula is C29H36N6O2. The van der Waals surface area contributed by atoms with E-state index in [1.807, 2.05) is 55.1 Å². The predicted octanol–water partition coefficient (Wildman–Crippen LogP) is 4.71. The lowest BCUT2D eigenvalue weighted by molar-refractivity contribution is -0.00765. The third kappa shape index (κ3) is 4.36. The summed E-state index contributed by atoms with van der Waals surface area (Å²) < 4.78 is 3.36. The van der Waals surface area contributed by atoms with Crippen molar-refractivity contribution in [2.24, 2.45) is 30.7 Å². The summed E-state index contributed by atoms with van der Waals surface area (Å²) in [5, 5.41) is 15.3. The highest BCUT2D eigenvalue weighted by atomic mass is 16.2. The first kappa shape index (κ1) is 23.9. The first-order chi connectivity index (χ1) is 17.8. The largest absolute Gasteiger partial charge is 0.350 e. The van der Waals surface area contributed by atoms with Crippen LogP contribution in [0.25, 0.3) is 5.69 Å². The zero-order valence-corrected chi connectivity index (χ0v) is 21.9. The molecule has 194 valence electrons. The highest BCUT2D eigenvalue weighted by molar-refractivity contribution is 6.09. The number of nitrogens with zero attached hydrogens (tertiary/aromatic N) is 4. The molecule has 0 spiro atoms. The number of amides is 2. The summed E-state index contributed by atoms with van der Waals surface area (Å²) in [6.07, 6.45) is 10.7. The third-order valence-electron chi connectivity index (χ3n) is 8.59. The summed E-state index contributed by atoms with van der Waals surface area (Å²) in [5.41, 5.74) is 3.17. The van der Waals surface area contributed by atoms with Crippen molar-refractivity contribution >= 4 is 17.5 Å². The van der Waals surface area contributed by atoms with Gasteiger partial charge in [0.1, 0.15) is 5.69 Å². The maximum atomic E-state index is 13.9. The van der Waals surface area contributed by atoms with Gasteiger partial charge in [-0.2, -0.15) is 10.2 Å². The van der Waals surface area contributed by atoms with Gasteiger partial charge >= 0.3 is 0 Å². The summed E-state index contributed by atoms with van der Waals surface area (Å²) >= 11 is 0. The van der Waals surface area contributed by atoms with E-state index in [9.17, 15) is 9.59 Å². The Hall–Kier alpha value is -3.42. The molecule has 7 rings (SSSR count). The average molecular weight is 501 g/mol. The van der Waals surface area contributed by atoms with Crippen molar-refractivity contribution in [3.8, 4) is 5.69 Å². The quantitative estimate of drug-likeness (QED) is 0.491. The SMILES string of the molecule is CC(C)CNC(=O)c1c(NC(=O)c2cn(-c3ccccc3)nc2C23CC4CC(CC(C4)C2)C3)cnn1C. The number of para-hydroxylation sites is 1. The second-order valence-corrected chi connectivity index (χ2v) is 12.0. The molecule has 0 atom stereocenters. The summed E-state index contributed by atoms with van der Waals surface area (Å²) in [6, 6.07) is 9.97. The Labute approximate surface area is 217 Å². The molecule has 37 heavy (non-hydrogen) atoms. The number of nitrogens with one attached hydrogen (secondary N) is 2. The lowest BCUT2D eigenvalue weighted by atomic mass is 9.48. The monoisotopic (exact) mass is 500 g/mol. The lowest BCUT2D eigenvalue weighted by Gasteiger charge is -2.56. The molecule has 4 bridgehead atoms. The number of benzene rings is 1. The molecule has 4 aliphatic carbocycles. The van der Waals surface area contributed by atoms with Gasteiger partial charge in [0.25, 0.3) is 11.8 Å². The summed E-state index contributed by atoms with van der Waals surface area (Å²) in [5.74, 6) is 2.04. The van der Waals surface area contributed by atoms with E-state index in [1.165, 1.54) is 23.9 Å². The Morgan fingerprint density at radius 3 is 2.30 bits per heavy atom. The van der Waals surface area contributed by atoms with E-state index in [0.717, 1.165) is 48.4 Å². The molecule has 4 saturated carbocycles. The van der Waals surface area contributed by atoms with E-state index < -0.39 is 0 Å². The van der Waals surface area contributed by atoms with E-state index in [0.29, 0.717) is 29.4 Å². The van der Waals surface area contributed by atoms with Gasteiger partial charge in [-0.15, -0.1) is 0 Å². The van der Waals surface area contributed by atoms with Crippen molar-refractivity contribution in [3.05, 3.63) is 59.7 Å². The number of carbonyl (C=O) groups excluding carboxylic acids is 2. The molecule has 8 heteroatoms. The maximum Gasteiger partial charge on any atom is 0.271 e. The van der Waals surface area contributed by atoms with Crippen molar-refractivity contribution in [2.45, 2.75) is 57.8 Å². The summed E-state index contributed by atoms with van der Waals surface area (Å²) in [4.78, 5) is 26.8. The second-order valence-electron chi connectivity index (χ2n) is 12.0. The zero-order valence-electron chi connectivity index (χ0n) is 21.9. The molecule has 0 saturated heterocycles. The average Bonchev–Trinajstić information content (AvgIpc) is 3.47. The lowest BCUT2D eigenvalue weighted by Crippen LogP contribution is -2.49. The number of hydrogen-bond donors (Lipinski definition) is 2. The molecule has 0 aliphatic heterocycles. The zero-order chi connectivity index (χ0) is 25.7. The van der Waals surface area contributed by atoms with Crippen LogP contribution in [0.4, 0.5) is 5.69 Å². The second kappa shape index (κ2) is 9.15. The Morgan fingerprint density at radius 2 is 1.68 bits per heavy atom. The number of rotatable bonds is 7. The minimum absolute atomic E-state index is 0.0478. The van der Waals surface area contributed by atoms with Crippen LogP contribution >= 0.6 is 0 Å². The van der Waals surface area contributed by atoms with Gasteiger partial charge in [0, 0.05) is 25.2 Å². The van der Waals surface area contributed by atoms with Crippen molar-refractivity contribution in [1.29, 1.82) is 0 Å². The molecule has 4 aliphatic rings. The third-order valence-corrected chi connectivity index (χ3v) is 8.59. The van der Waals surface area contributed by atoms with Crippen molar-refractivity contribution < 1.29 is 9.59 Å². The number of carbonyl (C=O) groups is 2. The molecule has 0 unspecified atom stereocenters. The van der Waals surface area contributed by atoms with Gasteiger partial charge in [-0.05, 0) is 74.3 Å². The molecule has 2 aromatic heterocycles. The number of anilines is 1. The van der Waals surface area contributed by atoms with E-state index in [2.05, 4.69) is 15.7 Å². The standard InChI is InChI=1S/C29H36N6O2/c1-18(2)15-30-28(37)25-24(16-31-34(25)3)32-27(36)23-17-35(22-7-5-4-6-8-22)33-26(23)29-12-19-9-20(13-29)11-21(10-19)14-29/h4-8,16-21H,9-15H2,1-3H3,(H,30,37)(H,32,36).